The van der Waals surface area contributed by atoms with Crippen molar-refractivity contribution in [1.29, 1.82) is 0 Å². The van der Waals surface area contributed by atoms with Crippen LogP contribution in [0, 0.1) is 0 Å². The standard InChI is InChI=1S/C15H19N3O2/c1-11(2)20-14-6-3-12(4-7-14)18-15(19)8-5-13-9-16-10-17-13/h3-4,6-7,9-11H,5,8H2,1-2H3,(H,16,17)(H,18,19). The van der Waals surface area contributed by atoms with Gasteiger partial charge in [0.25, 0.3) is 0 Å². The molecular weight excluding hydrogens is 254 g/mol. The molecule has 1 heterocycles. The van der Waals surface area contributed by atoms with Crippen molar-refractivity contribution in [2.45, 2.75) is 32.8 Å². The highest BCUT2D eigenvalue weighted by atomic mass is 16.5. The maximum Gasteiger partial charge on any atom is 0.224 e. The number of nitrogens with zero attached hydrogens (tertiary/aromatic N) is 1. The summed E-state index contributed by atoms with van der Waals surface area (Å²) in [6, 6.07) is 7.38. The molecule has 20 heavy (non-hydrogen) atoms. The summed E-state index contributed by atoms with van der Waals surface area (Å²) in [5.74, 6) is 0.785. The number of H-pyrrole nitrogens is 1. The molecule has 1 aromatic heterocycles. The van der Waals surface area contributed by atoms with Gasteiger partial charge >= 0.3 is 0 Å². The van der Waals surface area contributed by atoms with E-state index in [1.54, 1.807) is 12.5 Å². The fourth-order valence-electron chi connectivity index (χ4n) is 1.78. The lowest BCUT2D eigenvalue weighted by Gasteiger charge is -2.10. The Hall–Kier alpha value is -2.30. The van der Waals surface area contributed by atoms with E-state index in [4.69, 9.17) is 4.74 Å². The summed E-state index contributed by atoms with van der Waals surface area (Å²) in [6.45, 7) is 3.95. The van der Waals surface area contributed by atoms with Crippen LogP contribution in [0.5, 0.6) is 5.75 Å². The van der Waals surface area contributed by atoms with Crippen molar-refractivity contribution in [2.24, 2.45) is 0 Å². The number of carbonyl (C=O) groups is 1. The second-order valence-electron chi connectivity index (χ2n) is 4.82. The van der Waals surface area contributed by atoms with E-state index in [2.05, 4.69) is 15.3 Å². The maximum atomic E-state index is 11.8. The van der Waals surface area contributed by atoms with Gasteiger partial charge in [-0.3, -0.25) is 4.79 Å². The molecule has 0 atom stereocenters. The molecular formula is C15H19N3O2. The Morgan fingerprint density at radius 2 is 2.10 bits per heavy atom. The number of aromatic amines is 1. The minimum absolute atomic E-state index is 0.0165. The van der Waals surface area contributed by atoms with Crippen LogP contribution in [0.4, 0.5) is 5.69 Å². The lowest BCUT2D eigenvalue weighted by Crippen LogP contribution is -2.12. The van der Waals surface area contributed by atoms with Crippen LogP contribution >= 0.6 is 0 Å². The van der Waals surface area contributed by atoms with Gasteiger partial charge < -0.3 is 15.0 Å². The number of anilines is 1. The van der Waals surface area contributed by atoms with E-state index in [0.717, 1.165) is 17.1 Å². The summed E-state index contributed by atoms with van der Waals surface area (Å²) in [6.07, 6.45) is 4.56. The number of ether oxygens (including phenoxy) is 1. The lowest BCUT2D eigenvalue weighted by molar-refractivity contribution is -0.116. The van der Waals surface area contributed by atoms with Crippen molar-refractivity contribution < 1.29 is 9.53 Å². The highest BCUT2D eigenvalue weighted by Gasteiger charge is 2.04. The van der Waals surface area contributed by atoms with Crippen LogP contribution in [0.2, 0.25) is 0 Å². The van der Waals surface area contributed by atoms with Gasteiger partial charge in [0.2, 0.25) is 5.91 Å². The lowest BCUT2D eigenvalue weighted by atomic mass is 10.2. The number of hydrogen-bond acceptors (Lipinski definition) is 3. The van der Waals surface area contributed by atoms with Crippen LogP contribution in [0.3, 0.4) is 0 Å². The van der Waals surface area contributed by atoms with E-state index >= 15 is 0 Å². The van der Waals surface area contributed by atoms with Crippen LogP contribution in [0.15, 0.2) is 36.8 Å². The zero-order chi connectivity index (χ0) is 14.4. The van der Waals surface area contributed by atoms with Gasteiger partial charge in [0.05, 0.1) is 12.4 Å². The molecule has 0 bridgehead atoms. The molecule has 5 nitrogen and oxygen atoms in total. The normalized spacial score (nSPS) is 10.6. The smallest absolute Gasteiger partial charge is 0.224 e. The average molecular weight is 273 g/mol. The molecule has 1 aromatic carbocycles. The predicted octanol–water partition coefficient (Wildman–Crippen LogP) is 2.77. The van der Waals surface area contributed by atoms with Crippen molar-refractivity contribution in [3.05, 3.63) is 42.5 Å². The Labute approximate surface area is 118 Å². The van der Waals surface area contributed by atoms with Gasteiger partial charge in [-0.1, -0.05) is 0 Å². The van der Waals surface area contributed by atoms with E-state index in [0.29, 0.717) is 12.8 Å². The van der Waals surface area contributed by atoms with Crippen molar-refractivity contribution >= 4 is 11.6 Å². The molecule has 0 fully saturated rings. The summed E-state index contributed by atoms with van der Waals surface area (Å²) in [4.78, 5) is 18.7. The van der Waals surface area contributed by atoms with Crippen molar-refractivity contribution in [1.82, 2.24) is 9.97 Å². The molecule has 106 valence electrons. The Kier molecular flexibility index (Phi) is 4.76. The van der Waals surface area contributed by atoms with Crippen LogP contribution in [0.1, 0.15) is 26.0 Å². The van der Waals surface area contributed by atoms with Gasteiger partial charge in [-0.15, -0.1) is 0 Å². The molecule has 0 radical (unpaired) electrons. The minimum Gasteiger partial charge on any atom is -0.491 e. The first-order valence-corrected chi connectivity index (χ1v) is 6.67. The Morgan fingerprint density at radius 1 is 1.35 bits per heavy atom. The molecule has 0 saturated carbocycles. The molecule has 2 N–H and O–H groups in total. The second kappa shape index (κ2) is 6.75. The third-order valence-corrected chi connectivity index (χ3v) is 2.69. The predicted molar refractivity (Wildman–Crippen MR) is 77.7 cm³/mol. The first-order chi connectivity index (χ1) is 9.63. The van der Waals surface area contributed by atoms with E-state index in [9.17, 15) is 4.79 Å². The quantitative estimate of drug-likeness (QED) is 0.850. The van der Waals surface area contributed by atoms with Crippen LogP contribution in [-0.2, 0) is 11.2 Å². The Morgan fingerprint density at radius 3 is 2.70 bits per heavy atom. The molecule has 0 aliphatic rings. The fourth-order valence-corrected chi connectivity index (χ4v) is 1.78. The summed E-state index contributed by atoms with van der Waals surface area (Å²) in [7, 11) is 0. The van der Waals surface area contributed by atoms with Crippen LogP contribution in [0.25, 0.3) is 0 Å². The monoisotopic (exact) mass is 273 g/mol. The number of amides is 1. The molecule has 5 heteroatoms. The highest BCUT2D eigenvalue weighted by molar-refractivity contribution is 5.90. The number of carbonyl (C=O) groups excluding carboxylic acids is 1. The van der Waals surface area contributed by atoms with Crippen molar-refractivity contribution in [3.63, 3.8) is 0 Å². The van der Waals surface area contributed by atoms with Gasteiger partial charge in [0.15, 0.2) is 0 Å². The third kappa shape index (κ3) is 4.42. The SMILES string of the molecule is CC(C)Oc1ccc(NC(=O)CCc2cnc[nH]2)cc1. The molecule has 0 saturated heterocycles. The van der Waals surface area contributed by atoms with Crippen molar-refractivity contribution in [2.75, 3.05) is 5.32 Å². The van der Waals surface area contributed by atoms with E-state index in [1.807, 2.05) is 38.1 Å². The zero-order valence-corrected chi connectivity index (χ0v) is 11.7. The third-order valence-electron chi connectivity index (χ3n) is 2.69. The summed E-state index contributed by atoms with van der Waals surface area (Å²) in [5.41, 5.74) is 1.73. The number of hydrogen-bond donors (Lipinski definition) is 2. The van der Waals surface area contributed by atoms with Crippen molar-refractivity contribution in [3.8, 4) is 5.75 Å². The summed E-state index contributed by atoms with van der Waals surface area (Å²) in [5, 5.41) is 2.86. The number of imidazole rings is 1. The van der Waals surface area contributed by atoms with E-state index in [-0.39, 0.29) is 12.0 Å². The minimum atomic E-state index is -0.0165. The van der Waals surface area contributed by atoms with Gasteiger partial charge in [-0.2, -0.15) is 0 Å². The highest BCUT2D eigenvalue weighted by Crippen LogP contribution is 2.17. The number of rotatable bonds is 6. The second-order valence-corrected chi connectivity index (χ2v) is 4.82. The zero-order valence-electron chi connectivity index (χ0n) is 11.7. The fraction of sp³-hybridized carbons (Fsp3) is 0.333. The first kappa shape index (κ1) is 14.1. The topological polar surface area (TPSA) is 67.0 Å². The number of aromatic nitrogens is 2. The molecule has 1 amide bonds. The largest absolute Gasteiger partial charge is 0.491 e. The average Bonchev–Trinajstić information content (AvgIpc) is 2.91. The molecule has 0 aliphatic carbocycles. The number of aryl methyl sites for hydroxylation is 1. The Balaban J connectivity index is 1.81. The summed E-state index contributed by atoms with van der Waals surface area (Å²) < 4.78 is 5.55. The molecule has 2 aromatic rings. The molecule has 0 spiro atoms. The summed E-state index contributed by atoms with van der Waals surface area (Å²) >= 11 is 0. The van der Waals surface area contributed by atoms with Crippen LogP contribution < -0.4 is 10.1 Å². The van der Waals surface area contributed by atoms with Gasteiger partial charge in [-0.25, -0.2) is 4.98 Å². The molecule has 0 aliphatic heterocycles. The molecule has 0 unspecified atom stereocenters. The maximum absolute atomic E-state index is 11.8. The molecule has 2 rings (SSSR count). The van der Waals surface area contributed by atoms with E-state index < -0.39 is 0 Å². The van der Waals surface area contributed by atoms with Gasteiger partial charge in [0, 0.05) is 24.0 Å². The first-order valence-electron chi connectivity index (χ1n) is 6.67. The van der Waals surface area contributed by atoms with Crippen LogP contribution in [-0.4, -0.2) is 22.0 Å². The van der Waals surface area contributed by atoms with E-state index in [1.165, 1.54) is 0 Å². The number of nitrogens with one attached hydrogen (secondary N) is 2. The number of benzene rings is 1. The van der Waals surface area contributed by atoms with Gasteiger partial charge in [-0.05, 0) is 44.5 Å². The van der Waals surface area contributed by atoms with Gasteiger partial charge in [0.1, 0.15) is 5.75 Å². The Bertz CT molecular complexity index is 533.